The van der Waals surface area contributed by atoms with E-state index in [-0.39, 0.29) is 11.7 Å². The topological polar surface area (TPSA) is 46.6 Å². The van der Waals surface area contributed by atoms with Crippen molar-refractivity contribution in [2.45, 2.75) is 39.5 Å². The maximum absolute atomic E-state index is 13.2. The van der Waals surface area contributed by atoms with E-state index in [4.69, 9.17) is 4.74 Å². The summed E-state index contributed by atoms with van der Waals surface area (Å²) in [6.07, 6.45) is 3.80. The molecule has 0 aliphatic carbocycles. The number of hydrogen-bond acceptors (Lipinski definition) is 3. The Bertz CT molecular complexity index is 828. The summed E-state index contributed by atoms with van der Waals surface area (Å²) < 4.78 is 5.39. The lowest BCUT2D eigenvalue weighted by molar-refractivity contribution is -0.122. The molecule has 2 aromatic carbocycles. The number of ether oxygens (including phenoxy) is 1. The van der Waals surface area contributed by atoms with Crippen molar-refractivity contribution in [2.75, 3.05) is 18.6 Å². The fourth-order valence-corrected chi connectivity index (χ4v) is 3.66. The zero-order valence-electron chi connectivity index (χ0n) is 16.3. The smallest absolute Gasteiger partial charge is 0.240 e. The fourth-order valence-electron chi connectivity index (χ4n) is 3.66. The first-order chi connectivity index (χ1) is 13.0. The second-order valence-corrected chi connectivity index (χ2v) is 7.34. The van der Waals surface area contributed by atoms with Crippen molar-refractivity contribution in [1.82, 2.24) is 0 Å². The Labute approximate surface area is 161 Å². The summed E-state index contributed by atoms with van der Waals surface area (Å²) in [6.45, 7) is 4.44. The quantitative estimate of drug-likeness (QED) is 0.529. The van der Waals surface area contributed by atoms with Crippen LogP contribution in [0.5, 0.6) is 5.75 Å². The van der Waals surface area contributed by atoms with E-state index < -0.39 is 5.41 Å². The van der Waals surface area contributed by atoms with Gasteiger partial charge >= 0.3 is 0 Å². The SMILES string of the molecule is CCCCc1ccc(C(=O)[C@]2(C)CCN(c3ccccc3OC)C2=O)cc1. The number of carbonyl (C=O) groups is 2. The summed E-state index contributed by atoms with van der Waals surface area (Å²) in [7, 11) is 1.59. The molecule has 0 spiro atoms. The predicted octanol–water partition coefficient (Wildman–Crippen LogP) is 4.66. The number of nitrogens with zero attached hydrogens (tertiary/aromatic N) is 1. The van der Waals surface area contributed by atoms with Crippen LogP contribution in [0.15, 0.2) is 48.5 Å². The molecule has 0 bridgehead atoms. The average Bonchev–Trinajstić information content (AvgIpc) is 3.02. The van der Waals surface area contributed by atoms with Crippen LogP contribution >= 0.6 is 0 Å². The second-order valence-electron chi connectivity index (χ2n) is 7.34. The molecular formula is C23H27NO3. The predicted molar refractivity (Wildman–Crippen MR) is 107 cm³/mol. The number of methoxy groups -OCH3 is 1. The van der Waals surface area contributed by atoms with Gasteiger partial charge in [-0.25, -0.2) is 0 Å². The molecule has 27 heavy (non-hydrogen) atoms. The lowest BCUT2D eigenvalue weighted by Crippen LogP contribution is -2.38. The van der Waals surface area contributed by atoms with E-state index in [0.29, 0.717) is 24.3 Å². The van der Waals surface area contributed by atoms with E-state index in [2.05, 4.69) is 6.92 Å². The van der Waals surface area contributed by atoms with Crippen LogP contribution in [0.1, 0.15) is 49.0 Å². The normalized spacial score (nSPS) is 19.4. The first-order valence-corrected chi connectivity index (χ1v) is 9.60. The molecule has 4 nitrogen and oxygen atoms in total. The number of unbranched alkanes of at least 4 members (excludes halogenated alkanes) is 1. The lowest BCUT2D eigenvalue weighted by Gasteiger charge is -2.23. The number of rotatable bonds is 7. The third kappa shape index (κ3) is 3.61. The van der Waals surface area contributed by atoms with Gasteiger partial charge in [0.15, 0.2) is 5.78 Å². The highest BCUT2D eigenvalue weighted by atomic mass is 16.5. The molecule has 1 fully saturated rings. The number of ketones is 1. The van der Waals surface area contributed by atoms with Crippen LogP contribution in [0, 0.1) is 5.41 Å². The van der Waals surface area contributed by atoms with Crippen molar-refractivity contribution in [2.24, 2.45) is 5.41 Å². The van der Waals surface area contributed by atoms with Crippen LogP contribution in [-0.4, -0.2) is 25.3 Å². The van der Waals surface area contributed by atoms with E-state index in [0.717, 1.165) is 24.9 Å². The summed E-state index contributed by atoms with van der Waals surface area (Å²) in [5.74, 6) is 0.377. The van der Waals surface area contributed by atoms with Crippen LogP contribution in [0.25, 0.3) is 0 Å². The number of carbonyl (C=O) groups excluding carboxylic acids is 2. The molecule has 1 saturated heterocycles. The Kier molecular flexibility index (Phi) is 5.64. The maximum Gasteiger partial charge on any atom is 0.240 e. The molecule has 0 N–H and O–H groups in total. The van der Waals surface area contributed by atoms with Crippen molar-refractivity contribution >= 4 is 17.4 Å². The number of Topliss-reactive ketones (excluding diaryl/α,β-unsaturated/α-hetero) is 1. The molecule has 0 saturated carbocycles. The highest BCUT2D eigenvalue weighted by Gasteiger charge is 2.49. The van der Waals surface area contributed by atoms with Crippen molar-refractivity contribution < 1.29 is 14.3 Å². The molecule has 1 heterocycles. The summed E-state index contributed by atoms with van der Waals surface area (Å²) in [6, 6.07) is 15.2. The zero-order valence-corrected chi connectivity index (χ0v) is 16.3. The molecule has 1 atom stereocenters. The minimum atomic E-state index is -1.04. The van der Waals surface area contributed by atoms with Crippen LogP contribution < -0.4 is 9.64 Å². The Morgan fingerprint density at radius 3 is 2.52 bits per heavy atom. The number of benzene rings is 2. The van der Waals surface area contributed by atoms with Crippen molar-refractivity contribution in [1.29, 1.82) is 0 Å². The van der Waals surface area contributed by atoms with Gasteiger partial charge < -0.3 is 9.64 Å². The summed E-state index contributed by atoms with van der Waals surface area (Å²) in [5.41, 5.74) is 1.52. The Morgan fingerprint density at radius 2 is 1.85 bits per heavy atom. The number of para-hydroxylation sites is 2. The molecule has 0 aromatic heterocycles. The van der Waals surface area contributed by atoms with Crippen molar-refractivity contribution in [3.05, 3.63) is 59.7 Å². The molecule has 1 aliphatic heterocycles. The van der Waals surface area contributed by atoms with Crippen molar-refractivity contribution in [3.63, 3.8) is 0 Å². The molecule has 3 rings (SSSR count). The van der Waals surface area contributed by atoms with Crippen LogP contribution in [0.3, 0.4) is 0 Å². The molecule has 2 aromatic rings. The Hall–Kier alpha value is -2.62. The standard InChI is InChI=1S/C23H27NO3/c1-4-5-8-17-11-13-18(14-12-17)21(25)23(2)15-16-24(22(23)26)19-9-6-7-10-20(19)27-3/h6-7,9-14H,4-5,8,15-16H2,1-3H3/t23-/m0/s1. The first-order valence-electron chi connectivity index (χ1n) is 9.60. The van der Waals surface area contributed by atoms with Crippen molar-refractivity contribution in [3.8, 4) is 5.75 Å². The van der Waals surface area contributed by atoms with E-state index in [9.17, 15) is 9.59 Å². The van der Waals surface area contributed by atoms with Crippen LogP contribution in [0.2, 0.25) is 0 Å². The number of amides is 1. The van der Waals surface area contributed by atoms with Gasteiger partial charge in [-0.2, -0.15) is 0 Å². The number of anilines is 1. The van der Waals surface area contributed by atoms with Gasteiger partial charge in [0.1, 0.15) is 11.2 Å². The first kappa shape index (κ1) is 19.2. The molecular weight excluding hydrogens is 338 g/mol. The third-order valence-electron chi connectivity index (χ3n) is 5.46. The Morgan fingerprint density at radius 1 is 1.15 bits per heavy atom. The Balaban J connectivity index is 1.82. The van der Waals surface area contributed by atoms with Gasteiger partial charge in [0.05, 0.1) is 12.8 Å². The monoisotopic (exact) mass is 365 g/mol. The minimum Gasteiger partial charge on any atom is -0.495 e. The molecule has 1 amide bonds. The van der Waals surface area contributed by atoms with Gasteiger partial charge in [0.2, 0.25) is 5.91 Å². The fraction of sp³-hybridized carbons (Fsp3) is 0.391. The van der Waals surface area contributed by atoms with Crippen LogP contribution in [0.4, 0.5) is 5.69 Å². The highest BCUT2D eigenvalue weighted by Crippen LogP contribution is 2.40. The summed E-state index contributed by atoms with van der Waals surface area (Å²) >= 11 is 0. The second kappa shape index (κ2) is 7.95. The third-order valence-corrected chi connectivity index (χ3v) is 5.46. The largest absolute Gasteiger partial charge is 0.495 e. The maximum atomic E-state index is 13.2. The van der Waals surface area contributed by atoms with Gasteiger partial charge in [-0.3, -0.25) is 9.59 Å². The molecule has 4 heteroatoms. The number of aryl methyl sites for hydroxylation is 1. The van der Waals surface area contributed by atoms with E-state index in [1.165, 1.54) is 5.56 Å². The van der Waals surface area contributed by atoms with Gasteiger partial charge in [-0.15, -0.1) is 0 Å². The zero-order chi connectivity index (χ0) is 19.4. The molecule has 0 radical (unpaired) electrons. The highest BCUT2D eigenvalue weighted by molar-refractivity contribution is 6.19. The van der Waals surface area contributed by atoms with E-state index >= 15 is 0 Å². The molecule has 1 aliphatic rings. The average molecular weight is 365 g/mol. The van der Waals surface area contributed by atoms with E-state index in [1.807, 2.05) is 48.5 Å². The van der Waals surface area contributed by atoms with Gasteiger partial charge in [-0.05, 0) is 43.9 Å². The minimum absolute atomic E-state index is 0.105. The summed E-state index contributed by atoms with van der Waals surface area (Å²) in [4.78, 5) is 28.0. The lowest BCUT2D eigenvalue weighted by atomic mass is 9.80. The molecule has 142 valence electrons. The van der Waals surface area contributed by atoms with Gasteiger partial charge in [0.25, 0.3) is 0 Å². The molecule has 0 unspecified atom stereocenters. The van der Waals surface area contributed by atoms with Crippen LogP contribution in [-0.2, 0) is 11.2 Å². The van der Waals surface area contributed by atoms with Gasteiger partial charge in [0, 0.05) is 12.1 Å². The van der Waals surface area contributed by atoms with E-state index in [1.54, 1.807) is 18.9 Å². The number of hydrogen-bond donors (Lipinski definition) is 0. The summed E-state index contributed by atoms with van der Waals surface area (Å²) in [5, 5.41) is 0. The van der Waals surface area contributed by atoms with Gasteiger partial charge in [-0.1, -0.05) is 49.7 Å².